The highest BCUT2D eigenvalue weighted by Crippen LogP contribution is 2.19. The van der Waals surface area contributed by atoms with Crippen molar-refractivity contribution in [3.63, 3.8) is 0 Å². The molecular formula is C13H17F2NO3. The molecule has 0 amide bonds. The minimum Gasteiger partial charge on any atom is -0.466 e. The van der Waals surface area contributed by atoms with Crippen molar-refractivity contribution in [3.8, 4) is 0 Å². The van der Waals surface area contributed by atoms with Crippen LogP contribution in [-0.2, 0) is 9.53 Å². The molecule has 2 N–H and O–H groups in total. The highest BCUT2D eigenvalue weighted by Gasteiger charge is 2.17. The number of benzene rings is 1. The Morgan fingerprint density at radius 3 is 2.63 bits per heavy atom. The molecule has 4 nitrogen and oxygen atoms in total. The van der Waals surface area contributed by atoms with Gasteiger partial charge in [-0.2, -0.15) is 0 Å². The Balaban J connectivity index is 2.39. The molecule has 1 atom stereocenters. The van der Waals surface area contributed by atoms with Crippen LogP contribution in [0.3, 0.4) is 0 Å². The number of aliphatic hydroxyl groups is 1. The molecule has 0 aliphatic heterocycles. The number of aliphatic hydroxyl groups excluding tert-OH is 1. The Kier molecular flexibility index (Phi) is 6.38. The van der Waals surface area contributed by atoms with Gasteiger partial charge < -0.3 is 15.2 Å². The number of carbonyl (C=O) groups excluding carboxylic acids is 1. The molecule has 1 aromatic carbocycles. The van der Waals surface area contributed by atoms with Gasteiger partial charge >= 0.3 is 5.97 Å². The second-order valence-corrected chi connectivity index (χ2v) is 3.91. The summed E-state index contributed by atoms with van der Waals surface area (Å²) in [4.78, 5) is 11.0. The summed E-state index contributed by atoms with van der Waals surface area (Å²) in [5.41, 5.74) is -0.369. The molecule has 0 bridgehead atoms. The van der Waals surface area contributed by atoms with Gasteiger partial charge in [-0.3, -0.25) is 4.79 Å². The molecule has 6 heteroatoms. The normalized spacial score (nSPS) is 12.2. The summed E-state index contributed by atoms with van der Waals surface area (Å²) in [6.45, 7) is 2.24. The molecule has 0 radical (unpaired) electrons. The number of halogens is 2. The molecule has 0 heterocycles. The lowest BCUT2D eigenvalue weighted by atomic mass is 10.1. The molecule has 0 spiro atoms. The Morgan fingerprint density at radius 2 is 2.05 bits per heavy atom. The van der Waals surface area contributed by atoms with Crippen LogP contribution < -0.4 is 5.32 Å². The number of nitrogens with one attached hydrogen (secondary N) is 1. The Bertz CT molecular complexity index is 406. The molecule has 1 aromatic rings. The Hall–Kier alpha value is -1.53. The lowest BCUT2D eigenvalue weighted by molar-refractivity contribution is -0.143. The standard InChI is InChI=1S/C13H17F2NO3/c1-2-19-12(18)6-7-16-8-11(17)13-9(14)4-3-5-10(13)15/h3-5,11,16-17H,2,6-8H2,1H3. The first kappa shape index (κ1) is 15.5. The van der Waals surface area contributed by atoms with Crippen LogP contribution in [0.1, 0.15) is 25.0 Å². The van der Waals surface area contributed by atoms with E-state index < -0.39 is 17.7 Å². The zero-order valence-electron chi connectivity index (χ0n) is 10.7. The van der Waals surface area contributed by atoms with Crippen LogP contribution in [-0.4, -0.2) is 30.8 Å². The van der Waals surface area contributed by atoms with Crippen LogP contribution in [0.25, 0.3) is 0 Å². The van der Waals surface area contributed by atoms with Gasteiger partial charge in [0.05, 0.1) is 24.7 Å². The summed E-state index contributed by atoms with van der Waals surface area (Å²) in [6, 6.07) is 3.40. The van der Waals surface area contributed by atoms with Crippen molar-refractivity contribution < 1.29 is 23.4 Å². The number of esters is 1. The molecule has 1 rings (SSSR count). The molecule has 106 valence electrons. The highest BCUT2D eigenvalue weighted by atomic mass is 19.1. The average molecular weight is 273 g/mol. The smallest absolute Gasteiger partial charge is 0.307 e. The van der Waals surface area contributed by atoms with E-state index in [1.165, 1.54) is 6.07 Å². The minimum absolute atomic E-state index is 0.0444. The van der Waals surface area contributed by atoms with E-state index >= 15 is 0 Å². The molecule has 0 saturated heterocycles. The zero-order chi connectivity index (χ0) is 14.3. The monoisotopic (exact) mass is 273 g/mol. The molecule has 0 fully saturated rings. The van der Waals surface area contributed by atoms with Crippen LogP contribution in [0.5, 0.6) is 0 Å². The summed E-state index contributed by atoms with van der Waals surface area (Å²) in [5.74, 6) is -1.94. The van der Waals surface area contributed by atoms with Crippen molar-refractivity contribution in [2.45, 2.75) is 19.4 Å². The fraction of sp³-hybridized carbons (Fsp3) is 0.462. The van der Waals surface area contributed by atoms with Gasteiger partial charge in [0, 0.05) is 13.1 Å². The second-order valence-electron chi connectivity index (χ2n) is 3.91. The first-order valence-electron chi connectivity index (χ1n) is 6.04. The fourth-order valence-corrected chi connectivity index (χ4v) is 1.59. The summed E-state index contributed by atoms with van der Waals surface area (Å²) in [6.07, 6.45) is -1.16. The number of rotatable bonds is 7. The lowest BCUT2D eigenvalue weighted by Crippen LogP contribution is -2.25. The fourth-order valence-electron chi connectivity index (χ4n) is 1.59. The largest absolute Gasteiger partial charge is 0.466 e. The quantitative estimate of drug-likeness (QED) is 0.584. The van der Waals surface area contributed by atoms with E-state index in [1.54, 1.807) is 6.92 Å². The van der Waals surface area contributed by atoms with Crippen LogP contribution in [0, 0.1) is 11.6 Å². The van der Waals surface area contributed by atoms with Crippen molar-refractivity contribution in [2.75, 3.05) is 19.7 Å². The van der Waals surface area contributed by atoms with E-state index in [4.69, 9.17) is 4.74 Å². The zero-order valence-corrected chi connectivity index (χ0v) is 10.7. The van der Waals surface area contributed by atoms with Gasteiger partial charge in [0.25, 0.3) is 0 Å². The number of hydrogen-bond acceptors (Lipinski definition) is 4. The van der Waals surface area contributed by atoms with E-state index in [9.17, 15) is 18.7 Å². The van der Waals surface area contributed by atoms with Gasteiger partial charge in [-0.15, -0.1) is 0 Å². The molecule has 0 aliphatic rings. The van der Waals surface area contributed by atoms with E-state index in [-0.39, 0.29) is 31.0 Å². The molecule has 0 aliphatic carbocycles. The van der Waals surface area contributed by atoms with Crippen LogP contribution >= 0.6 is 0 Å². The SMILES string of the molecule is CCOC(=O)CCNCC(O)c1c(F)cccc1F. The van der Waals surface area contributed by atoms with Crippen molar-refractivity contribution in [2.24, 2.45) is 0 Å². The first-order chi connectivity index (χ1) is 9.06. The number of carbonyl (C=O) groups is 1. The summed E-state index contributed by atoms with van der Waals surface area (Å²) in [5, 5.41) is 12.4. The highest BCUT2D eigenvalue weighted by molar-refractivity contribution is 5.69. The van der Waals surface area contributed by atoms with Crippen molar-refractivity contribution >= 4 is 5.97 Å². The third-order valence-corrected chi connectivity index (χ3v) is 2.48. The number of ether oxygens (including phenoxy) is 1. The molecular weight excluding hydrogens is 256 g/mol. The topological polar surface area (TPSA) is 58.6 Å². The molecule has 1 unspecified atom stereocenters. The molecule has 0 saturated carbocycles. The maximum atomic E-state index is 13.3. The van der Waals surface area contributed by atoms with Crippen LogP contribution in [0.2, 0.25) is 0 Å². The predicted octanol–water partition coefficient (Wildman–Crippen LogP) is 1.54. The van der Waals surface area contributed by atoms with E-state index in [0.29, 0.717) is 6.61 Å². The van der Waals surface area contributed by atoms with E-state index in [1.807, 2.05) is 0 Å². The third kappa shape index (κ3) is 4.92. The summed E-state index contributed by atoms with van der Waals surface area (Å²) >= 11 is 0. The lowest BCUT2D eigenvalue weighted by Gasteiger charge is -2.13. The maximum Gasteiger partial charge on any atom is 0.307 e. The van der Waals surface area contributed by atoms with Crippen molar-refractivity contribution in [1.82, 2.24) is 5.32 Å². The molecule has 19 heavy (non-hydrogen) atoms. The average Bonchev–Trinajstić information content (AvgIpc) is 2.35. The van der Waals surface area contributed by atoms with Gasteiger partial charge in [0.15, 0.2) is 0 Å². The third-order valence-electron chi connectivity index (χ3n) is 2.48. The second kappa shape index (κ2) is 7.81. The van der Waals surface area contributed by atoms with Crippen LogP contribution in [0.15, 0.2) is 18.2 Å². The Labute approximate surface area is 110 Å². The maximum absolute atomic E-state index is 13.3. The van der Waals surface area contributed by atoms with Crippen molar-refractivity contribution in [3.05, 3.63) is 35.4 Å². The van der Waals surface area contributed by atoms with Gasteiger partial charge in [-0.05, 0) is 19.1 Å². The molecule has 0 aromatic heterocycles. The van der Waals surface area contributed by atoms with E-state index in [2.05, 4.69) is 5.32 Å². The predicted molar refractivity (Wildman–Crippen MR) is 65.4 cm³/mol. The van der Waals surface area contributed by atoms with Gasteiger partial charge in [0.1, 0.15) is 11.6 Å². The minimum atomic E-state index is -1.30. The van der Waals surface area contributed by atoms with Gasteiger partial charge in [-0.25, -0.2) is 8.78 Å². The first-order valence-corrected chi connectivity index (χ1v) is 6.04. The number of hydrogen-bond donors (Lipinski definition) is 2. The van der Waals surface area contributed by atoms with E-state index in [0.717, 1.165) is 12.1 Å². The van der Waals surface area contributed by atoms with Gasteiger partial charge in [-0.1, -0.05) is 6.07 Å². The Morgan fingerprint density at radius 1 is 1.42 bits per heavy atom. The van der Waals surface area contributed by atoms with Crippen LogP contribution in [0.4, 0.5) is 8.78 Å². The van der Waals surface area contributed by atoms with Crippen molar-refractivity contribution in [1.29, 1.82) is 0 Å². The van der Waals surface area contributed by atoms with Gasteiger partial charge in [0.2, 0.25) is 0 Å². The summed E-state index contributed by atoms with van der Waals surface area (Å²) in [7, 11) is 0. The summed E-state index contributed by atoms with van der Waals surface area (Å²) < 4.78 is 31.4.